The molecule has 0 bridgehead atoms. The van der Waals surface area contributed by atoms with Gasteiger partial charge in [0.25, 0.3) is 5.69 Å². The number of non-ortho nitro benzene ring substituents is 1. The van der Waals surface area contributed by atoms with E-state index in [1.807, 2.05) is 48.5 Å². The molecule has 4 N–H and O–H groups in total. The van der Waals surface area contributed by atoms with Crippen molar-refractivity contribution < 1.29 is 34.3 Å². The average Bonchev–Trinajstić information content (AvgIpc) is 3.14. The molecular formula is C36H45N5O8. The standard InChI is InChI=1S/C36H45N5O8/c42-25-27-8-10-28(11-9-27)33-22-32(24-39-18-20-40(21-19-39)30-14-16-31(17-15-30)41(46)47)48-36(49-33)29-12-6-26(7-13-29)23-37-34(43)4-2-1-3-5-35(44)38-45/h6-17,32-33,36,42,45H,1-5,18-25H2,(H,37,43)(H,38,44)/t32-,33+,36+/m0/s1. The number of rotatable bonds is 15. The zero-order valence-electron chi connectivity index (χ0n) is 27.5. The molecule has 0 saturated carbocycles. The van der Waals surface area contributed by atoms with Crippen LogP contribution in [-0.4, -0.2) is 70.8 Å². The van der Waals surface area contributed by atoms with Gasteiger partial charge in [0.15, 0.2) is 6.29 Å². The highest BCUT2D eigenvalue weighted by molar-refractivity contribution is 5.76. The van der Waals surface area contributed by atoms with Gasteiger partial charge in [0, 0.05) is 81.9 Å². The van der Waals surface area contributed by atoms with E-state index in [1.165, 1.54) is 0 Å². The Labute approximate surface area is 285 Å². The molecule has 0 aliphatic carbocycles. The molecule has 3 atom stereocenters. The molecule has 13 heteroatoms. The van der Waals surface area contributed by atoms with E-state index in [9.17, 15) is 24.8 Å². The van der Waals surface area contributed by atoms with Gasteiger partial charge in [-0.25, -0.2) is 5.48 Å². The molecule has 0 radical (unpaired) electrons. The van der Waals surface area contributed by atoms with Crippen LogP contribution in [0.5, 0.6) is 0 Å². The first-order chi connectivity index (χ1) is 23.8. The number of nitrogens with zero attached hydrogens (tertiary/aromatic N) is 3. The minimum absolute atomic E-state index is 0.0235. The van der Waals surface area contributed by atoms with E-state index in [0.29, 0.717) is 32.2 Å². The van der Waals surface area contributed by atoms with Crippen LogP contribution < -0.4 is 15.7 Å². The number of nitrogens with one attached hydrogen (secondary N) is 2. The summed E-state index contributed by atoms with van der Waals surface area (Å²) in [5, 5.41) is 32.1. The van der Waals surface area contributed by atoms with Crippen LogP contribution in [0.3, 0.4) is 0 Å². The van der Waals surface area contributed by atoms with Gasteiger partial charge in [-0.2, -0.15) is 0 Å². The molecule has 3 aromatic rings. The van der Waals surface area contributed by atoms with Crippen molar-refractivity contribution in [3.63, 3.8) is 0 Å². The summed E-state index contributed by atoms with van der Waals surface area (Å²) in [4.78, 5) is 38.7. The summed E-state index contributed by atoms with van der Waals surface area (Å²) in [6, 6.07) is 22.4. The van der Waals surface area contributed by atoms with Gasteiger partial charge in [0.05, 0.1) is 23.7 Å². The SMILES string of the molecule is O=C(CCCCCC(=O)NCc1ccc([C@@H]2O[C@H](CN3CCN(c4ccc([N+](=O)[O-])cc4)CC3)C[C@H](c3ccc(CO)cc3)O2)cc1)NO. The third-order valence-electron chi connectivity index (χ3n) is 9.05. The van der Waals surface area contributed by atoms with Gasteiger partial charge in [-0.05, 0) is 41.7 Å². The lowest BCUT2D eigenvalue weighted by atomic mass is 9.99. The van der Waals surface area contributed by atoms with E-state index in [0.717, 1.165) is 67.1 Å². The number of hydroxylamine groups is 1. The molecule has 2 saturated heterocycles. The fourth-order valence-electron chi connectivity index (χ4n) is 6.18. The molecule has 0 unspecified atom stereocenters. The summed E-state index contributed by atoms with van der Waals surface area (Å²) in [5.41, 5.74) is 6.36. The number of hydrogen-bond donors (Lipinski definition) is 4. The first-order valence-electron chi connectivity index (χ1n) is 16.8. The van der Waals surface area contributed by atoms with Crippen LogP contribution in [0.2, 0.25) is 0 Å². The number of nitro groups is 1. The van der Waals surface area contributed by atoms with E-state index in [-0.39, 0.29) is 41.8 Å². The molecule has 2 fully saturated rings. The number of hydrogen-bond acceptors (Lipinski definition) is 10. The molecule has 13 nitrogen and oxygen atoms in total. The molecule has 0 spiro atoms. The number of carbonyl (C=O) groups excluding carboxylic acids is 2. The van der Waals surface area contributed by atoms with Crippen molar-refractivity contribution in [3.05, 3.63) is 105 Å². The van der Waals surface area contributed by atoms with Crippen molar-refractivity contribution in [3.8, 4) is 0 Å². The topological polar surface area (TPSA) is 167 Å². The highest BCUT2D eigenvalue weighted by Crippen LogP contribution is 2.38. The number of benzene rings is 3. The molecule has 2 aliphatic rings. The number of nitro benzene ring substituents is 1. The van der Waals surface area contributed by atoms with E-state index >= 15 is 0 Å². The second kappa shape index (κ2) is 17.8. The molecule has 0 aromatic heterocycles. The zero-order chi connectivity index (χ0) is 34.6. The van der Waals surface area contributed by atoms with Gasteiger partial charge < -0.3 is 24.8 Å². The Morgan fingerprint density at radius 1 is 0.816 bits per heavy atom. The quantitative estimate of drug-likeness (QED) is 0.0778. The van der Waals surface area contributed by atoms with Crippen molar-refractivity contribution in [2.75, 3.05) is 37.6 Å². The van der Waals surface area contributed by atoms with Crippen molar-refractivity contribution in [1.82, 2.24) is 15.7 Å². The van der Waals surface area contributed by atoms with Gasteiger partial charge in [-0.15, -0.1) is 0 Å². The number of anilines is 1. The first-order valence-corrected chi connectivity index (χ1v) is 16.8. The number of amides is 2. The Hall–Kier alpha value is -4.40. The maximum Gasteiger partial charge on any atom is 0.269 e. The summed E-state index contributed by atoms with van der Waals surface area (Å²) in [6.07, 6.45) is 2.41. The molecule has 3 aromatic carbocycles. The summed E-state index contributed by atoms with van der Waals surface area (Å²) in [5.74, 6) is -0.474. The van der Waals surface area contributed by atoms with Crippen LogP contribution in [0.4, 0.5) is 11.4 Å². The maximum absolute atomic E-state index is 12.3. The number of piperazine rings is 1. The van der Waals surface area contributed by atoms with Gasteiger partial charge in [-0.3, -0.25) is 29.8 Å². The molecule has 49 heavy (non-hydrogen) atoms. The fourth-order valence-corrected chi connectivity index (χ4v) is 6.18. The largest absolute Gasteiger partial charge is 0.392 e. The van der Waals surface area contributed by atoms with Gasteiger partial charge in [0.1, 0.15) is 0 Å². The predicted octanol–water partition coefficient (Wildman–Crippen LogP) is 4.53. The highest BCUT2D eigenvalue weighted by Gasteiger charge is 2.34. The maximum atomic E-state index is 12.3. The number of aliphatic hydroxyl groups is 1. The van der Waals surface area contributed by atoms with E-state index in [2.05, 4.69) is 15.1 Å². The van der Waals surface area contributed by atoms with Crippen LogP contribution in [0.1, 0.15) is 73.2 Å². The van der Waals surface area contributed by atoms with Crippen LogP contribution in [0.15, 0.2) is 72.8 Å². The van der Waals surface area contributed by atoms with Crippen LogP contribution >= 0.6 is 0 Å². The summed E-state index contributed by atoms with van der Waals surface area (Å²) < 4.78 is 13.1. The Balaban J connectivity index is 1.16. The molecule has 2 amide bonds. The summed E-state index contributed by atoms with van der Waals surface area (Å²) in [6.45, 7) is 4.38. The number of unbranched alkanes of at least 4 members (excludes halogenated alkanes) is 2. The lowest BCUT2D eigenvalue weighted by Gasteiger charge is -2.41. The molecule has 262 valence electrons. The van der Waals surface area contributed by atoms with Crippen LogP contribution in [0.25, 0.3) is 0 Å². The minimum Gasteiger partial charge on any atom is -0.392 e. The van der Waals surface area contributed by atoms with Gasteiger partial charge in [-0.1, -0.05) is 55.0 Å². The van der Waals surface area contributed by atoms with Crippen LogP contribution in [-0.2, 0) is 32.2 Å². The number of aliphatic hydroxyl groups excluding tert-OH is 1. The molecular weight excluding hydrogens is 630 g/mol. The second-order valence-electron chi connectivity index (χ2n) is 12.5. The Morgan fingerprint density at radius 3 is 2.08 bits per heavy atom. The average molecular weight is 676 g/mol. The normalized spacial score (nSPS) is 19.7. The van der Waals surface area contributed by atoms with Crippen LogP contribution in [0, 0.1) is 10.1 Å². The highest BCUT2D eigenvalue weighted by atomic mass is 16.7. The number of ether oxygens (including phenoxy) is 2. The zero-order valence-corrected chi connectivity index (χ0v) is 27.5. The summed E-state index contributed by atoms with van der Waals surface area (Å²) >= 11 is 0. The third-order valence-corrected chi connectivity index (χ3v) is 9.05. The van der Waals surface area contributed by atoms with Crippen molar-refractivity contribution >= 4 is 23.2 Å². The lowest BCUT2D eigenvalue weighted by molar-refractivity contribution is -0.384. The summed E-state index contributed by atoms with van der Waals surface area (Å²) in [7, 11) is 0. The Kier molecular flexibility index (Phi) is 13.1. The van der Waals surface area contributed by atoms with E-state index < -0.39 is 12.2 Å². The van der Waals surface area contributed by atoms with E-state index in [4.69, 9.17) is 14.7 Å². The molecule has 2 aliphatic heterocycles. The minimum atomic E-state index is -0.584. The smallest absolute Gasteiger partial charge is 0.269 e. The number of carbonyl (C=O) groups is 2. The first kappa shape index (κ1) is 35.9. The van der Waals surface area contributed by atoms with Gasteiger partial charge >= 0.3 is 0 Å². The Bertz CT molecular complexity index is 1510. The molecule has 5 rings (SSSR count). The predicted molar refractivity (Wildman–Crippen MR) is 181 cm³/mol. The van der Waals surface area contributed by atoms with Crippen molar-refractivity contribution in [2.24, 2.45) is 0 Å². The third kappa shape index (κ3) is 10.5. The monoisotopic (exact) mass is 675 g/mol. The second-order valence-corrected chi connectivity index (χ2v) is 12.5. The van der Waals surface area contributed by atoms with Crippen molar-refractivity contribution in [2.45, 2.75) is 70.2 Å². The lowest BCUT2D eigenvalue weighted by Crippen LogP contribution is -2.49. The van der Waals surface area contributed by atoms with Gasteiger partial charge in [0.2, 0.25) is 11.8 Å². The molecule has 2 heterocycles. The van der Waals surface area contributed by atoms with E-state index in [1.54, 1.807) is 29.7 Å². The Morgan fingerprint density at radius 2 is 1.45 bits per heavy atom. The van der Waals surface area contributed by atoms with Crippen molar-refractivity contribution in [1.29, 1.82) is 0 Å². The fraction of sp³-hybridized carbons (Fsp3) is 0.444.